The van der Waals surface area contributed by atoms with Gasteiger partial charge in [-0.15, -0.1) is 0 Å². The van der Waals surface area contributed by atoms with Crippen molar-refractivity contribution >= 4 is 10.8 Å². The van der Waals surface area contributed by atoms with Crippen molar-refractivity contribution in [1.82, 2.24) is 0 Å². The van der Waals surface area contributed by atoms with Crippen molar-refractivity contribution in [2.45, 2.75) is 32.3 Å². The van der Waals surface area contributed by atoms with Crippen LogP contribution in [0.4, 0.5) is 0 Å². The van der Waals surface area contributed by atoms with Crippen LogP contribution >= 0.6 is 0 Å². The SMILES string of the molecule is CC(C(O)Cc1ccc2ccccc2c1)C1CC1. The number of benzene rings is 2. The number of fused-ring (bicyclic) bond motifs is 1. The average Bonchev–Trinajstić information content (AvgIpc) is 3.22. The summed E-state index contributed by atoms with van der Waals surface area (Å²) in [5.41, 5.74) is 1.24. The van der Waals surface area contributed by atoms with E-state index in [1.165, 1.54) is 29.2 Å². The van der Waals surface area contributed by atoms with Crippen LogP contribution in [-0.4, -0.2) is 11.2 Å². The number of rotatable bonds is 4. The second-order valence-corrected chi connectivity index (χ2v) is 5.65. The van der Waals surface area contributed by atoms with Crippen molar-refractivity contribution in [1.29, 1.82) is 0 Å². The summed E-state index contributed by atoms with van der Waals surface area (Å²) in [6.07, 6.45) is 3.19. The summed E-state index contributed by atoms with van der Waals surface area (Å²) >= 11 is 0. The van der Waals surface area contributed by atoms with Gasteiger partial charge in [0.15, 0.2) is 0 Å². The fourth-order valence-electron chi connectivity index (χ4n) is 2.73. The molecule has 1 N–H and O–H groups in total. The number of aliphatic hydroxyl groups is 1. The Hall–Kier alpha value is -1.34. The molecule has 0 aliphatic heterocycles. The first-order valence-electron chi connectivity index (χ1n) is 6.90. The Bertz CT molecular complexity index is 542. The van der Waals surface area contributed by atoms with Gasteiger partial charge in [0, 0.05) is 0 Å². The maximum atomic E-state index is 10.3. The highest BCUT2D eigenvalue weighted by Gasteiger charge is 2.32. The molecule has 18 heavy (non-hydrogen) atoms. The smallest absolute Gasteiger partial charge is 0.0608 e. The molecule has 2 unspecified atom stereocenters. The topological polar surface area (TPSA) is 20.2 Å². The minimum absolute atomic E-state index is 0.196. The molecule has 2 atom stereocenters. The molecule has 2 aromatic rings. The van der Waals surface area contributed by atoms with Crippen LogP contribution in [0.25, 0.3) is 10.8 Å². The number of hydrogen-bond donors (Lipinski definition) is 1. The number of hydrogen-bond acceptors (Lipinski definition) is 1. The van der Waals surface area contributed by atoms with Gasteiger partial charge in [0.2, 0.25) is 0 Å². The molecule has 2 aromatic carbocycles. The summed E-state index contributed by atoms with van der Waals surface area (Å²) in [5.74, 6) is 1.21. The quantitative estimate of drug-likeness (QED) is 0.862. The van der Waals surface area contributed by atoms with E-state index >= 15 is 0 Å². The minimum atomic E-state index is -0.196. The van der Waals surface area contributed by atoms with Crippen LogP contribution in [0.2, 0.25) is 0 Å². The van der Waals surface area contributed by atoms with Crippen molar-refractivity contribution in [2.24, 2.45) is 11.8 Å². The maximum Gasteiger partial charge on any atom is 0.0608 e. The highest BCUT2D eigenvalue weighted by molar-refractivity contribution is 5.82. The summed E-state index contributed by atoms with van der Waals surface area (Å²) in [4.78, 5) is 0. The third-order valence-corrected chi connectivity index (χ3v) is 4.23. The van der Waals surface area contributed by atoms with Gasteiger partial charge < -0.3 is 5.11 Å². The van der Waals surface area contributed by atoms with E-state index in [4.69, 9.17) is 0 Å². The maximum absolute atomic E-state index is 10.3. The zero-order chi connectivity index (χ0) is 12.5. The van der Waals surface area contributed by atoms with Crippen molar-refractivity contribution < 1.29 is 5.11 Å². The molecule has 1 fully saturated rings. The molecule has 0 saturated heterocycles. The van der Waals surface area contributed by atoms with Crippen LogP contribution < -0.4 is 0 Å². The molecule has 3 rings (SSSR count). The van der Waals surface area contributed by atoms with Gasteiger partial charge in [0.05, 0.1) is 6.10 Å². The van der Waals surface area contributed by atoms with Gasteiger partial charge in [-0.25, -0.2) is 0 Å². The average molecular weight is 240 g/mol. The van der Waals surface area contributed by atoms with E-state index in [0.29, 0.717) is 5.92 Å². The lowest BCUT2D eigenvalue weighted by Crippen LogP contribution is -2.21. The fraction of sp³-hybridized carbons (Fsp3) is 0.412. The number of aliphatic hydroxyl groups excluding tert-OH is 1. The van der Waals surface area contributed by atoms with E-state index in [0.717, 1.165) is 12.3 Å². The zero-order valence-corrected chi connectivity index (χ0v) is 10.8. The zero-order valence-electron chi connectivity index (χ0n) is 10.8. The van der Waals surface area contributed by atoms with E-state index < -0.39 is 0 Å². The van der Waals surface area contributed by atoms with Crippen molar-refractivity contribution in [3.63, 3.8) is 0 Å². The van der Waals surface area contributed by atoms with Crippen molar-refractivity contribution in [3.05, 3.63) is 48.0 Å². The van der Waals surface area contributed by atoms with E-state index in [1.54, 1.807) is 0 Å². The molecule has 0 aromatic heterocycles. The molecule has 1 nitrogen and oxygen atoms in total. The van der Waals surface area contributed by atoms with Gasteiger partial charge in [-0.3, -0.25) is 0 Å². The second kappa shape index (κ2) is 4.74. The first kappa shape index (κ1) is 11.7. The molecule has 1 heteroatoms. The predicted molar refractivity (Wildman–Crippen MR) is 75.5 cm³/mol. The van der Waals surface area contributed by atoms with Crippen LogP contribution in [0.3, 0.4) is 0 Å². The molecule has 1 saturated carbocycles. The highest BCUT2D eigenvalue weighted by Crippen LogP contribution is 2.38. The van der Waals surface area contributed by atoms with Crippen LogP contribution in [-0.2, 0) is 6.42 Å². The minimum Gasteiger partial charge on any atom is -0.392 e. The Morgan fingerprint density at radius 1 is 1.11 bits per heavy atom. The van der Waals surface area contributed by atoms with E-state index in [2.05, 4.69) is 49.4 Å². The van der Waals surface area contributed by atoms with Crippen LogP contribution in [0.15, 0.2) is 42.5 Å². The normalized spacial score (nSPS) is 18.8. The first-order valence-corrected chi connectivity index (χ1v) is 6.90. The lowest BCUT2D eigenvalue weighted by molar-refractivity contribution is 0.105. The lowest BCUT2D eigenvalue weighted by atomic mass is 9.93. The van der Waals surface area contributed by atoms with Gasteiger partial charge in [-0.1, -0.05) is 49.4 Å². The third kappa shape index (κ3) is 2.41. The fourth-order valence-corrected chi connectivity index (χ4v) is 2.73. The van der Waals surface area contributed by atoms with Gasteiger partial charge >= 0.3 is 0 Å². The third-order valence-electron chi connectivity index (χ3n) is 4.23. The monoisotopic (exact) mass is 240 g/mol. The van der Waals surface area contributed by atoms with Crippen LogP contribution in [0, 0.1) is 11.8 Å². The molecule has 0 amide bonds. The molecular weight excluding hydrogens is 220 g/mol. The summed E-state index contributed by atoms with van der Waals surface area (Å²) in [5, 5.41) is 12.8. The largest absolute Gasteiger partial charge is 0.392 e. The first-order chi connectivity index (χ1) is 8.74. The molecule has 0 radical (unpaired) electrons. The Morgan fingerprint density at radius 2 is 1.83 bits per heavy atom. The van der Waals surface area contributed by atoms with Gasteiger partial charge in [0.25, 0.3) is 0 Å². The van der Waals surface area contributed by atoms with E-state index in [9.17, 15) is 5.11 Å². The van der Waals surface area contributed by atoms with Crippen LogP contribution in [0.1, 0.15) is 25.3 Å². The predicted octanol–water partition coefficient (Wildman–Crippen LogP) is 3.79. The van der Waals surface area contributed by atoms with E-state index in [-0.39, 0.29) is 6.10 Å². The summed E-state index contributed by atoms with van der Waals surface area (Å²) in [7, 11) is 0. The Labute approximate surface area is 108 Å². The van der Waals surface area contributed by atoms with Crippen LogP contribution in [0.5, 0.6) is 0 Å². The molecule has 1 aliphatic rings. The van der Waals surface area contributed by atoms with Gasteiger partial charge in [0.1, 0.15) is 0 Å². The standard InChI is InChI=1S/C17H20O/c1-12(14-8-9-14)17(18)11-13-6-7-15-4-2-3-5-16(15)10-13/h2-7,10,12,14,17-18H,8-9,11H2,1H3. The Morgan fingerprint density at radius 3 is 2.56 bits per heavy atom. The molecular formula is C17H20O. The molecule has 94 valence electrons. The summed E-state index contributed by atoms with van der Waals surface area (Å²) in [6.45, 7) is 2.18. The molecule has 0 spiro atoms. The molecule has 0 heterocycles. The Kier molecular flexibility index (Phi) is 3.09. The van der Waals surface area contributed by atoms with Gasteiger partial charge in [-0.05, 0) is 47.4 Å². The Balaban J connectivity index is 1.77. The molecule has 1 aliphatic carbocycles. The van der Waals surface area contributed by atoms with E-state index in [1.807, 2.05) is 0 Å². The van der Waals surface area contributed by atoms with Crippen molar-refractivity contribution in [2.75, 3.05) is 0 Å². The highest BCUT2D eigenvalue weighted by atomic mass is 16.3. The van der Waals surface area contributed by atoms with Gasteiger partial charge in [-0.2, -0.15) is 0 Å². The molecule has 0 bridgehead atoms. The lowest BCUT2D eigenvalue weighted by Gasteiger charge is -2.18. The summed E-state index contributed by atoms with van der Waals surface area (Å²) < 4.78 is 0. The summed E-state index contributed by atoms with van der Waals surface area (Å²) in [6, 6.07) is 14.9. The second-order valence-electron chi connectivity index (χ2n) is 5.65. The van der Waals surface area contributed by atoms with Crippen molar-refractivity contribution in [3.8, 4) is 0 Å².